The molecule has 7 nitrogen and oxygen atoms in total. The second-order valence-corrected chi connectivity index (χ2v) is 8.38. The molecule has 1 N–H and O–H groups in total. The lowest BCUT2D eigenvalue weighted by atomic mass is 9.96. The fourth-order valence-corrected chi connectivity index (χ4v) is 4.92. The number of carbonyl (C=O) groups is 2. The van der Waals surface area contributed by atoms with Crippen molar-refractivity contribution in [2.75, 3.05) is 11.5 Å². The van der Waals surface area contributed by atoms with Gasteiger partial charge >= 0.3 is 5.91 Å². The van der Waals surface area contributed by atoms with E-state index in [1.165, 1.54) is 28.6 Å². The molecule has 1 amide bonds. The summed E-state index contributed by atoms with van der Waals surface area (Å²) in [6.45, 7) is 2.44. The molecule has 3 heterocycles. The highest BCUT2D eigenvalue weighted by Crippen LogP contribution is 2.44. The number of rotatable bonds is 5. The van der Waals surface area contributed by atoms with Crippen LogP contribution >= 0.6 is 11.3 Å². The van der Waals surface area contributed by atoms with Crippen LogP contribution < -0.4 is 9.64 Å². The van der Waals surface area contributed by atoms with E-state index in [4.69, 9.17) is 4.74 Å². The molecule has 1 aliphatic heterocycles. The van der Waals surface area contributed by atoms with Crippen LogP contribution in [0.15, 0.2) is 78.6 Å². The van der Waals surface area contributed by atoms with Gasteiger partial charge in [0.15, 0.2) is 5.13 Å². The predicted octanol–water partition coefficient (Wildman–Crippen LogP) is 4.72. The van der Waals surface area contributed by atoms with Gasteiger partial charge in [0.05, 0.1) is 28.4 Å². The topological polar surface area (TPSA) is 92.6 Å². The Morgan fingerprint density at radius 1 is 1.09 bits per heavy atom. The van der Waals surface area contributed by atoms with E-state index in [0.717, 1.165) is 4.70 Å². The second-order valence-electron chi connectivity index (χ2n) is 7.37. The molecule has 0 saturated carbocycles. The highest BCUT2D eigenvalue weighted by molar-refractivity contribution is 7.22. The van der Waals surface area contributed by atoms with Crippen molar-refractivity contribution in [3.8, 4) is 5.75 Å². The normalized spacial score (nSPS) is 17.6. The molecule has 1 unspecified atom stereocenters. The van der Waals surface area contributed by atoms with Crippen LogP contribution in [0.4, 0.5) is 5.13 Å². The number of benzene rings is 2. The summed E-state index contributed by atoms with van der Waals surface area (Å²) in [5, 5.41) is 11.4. The van der Waals surface area contributed by atoms with Crippen molar-refractivity contribution in [3.05, 3.63) is 89.8 Å². The maximum atomic E-state index is 13.2. The van der Waals surface area contributed by atoms with Gasteiger partial charge in [-0.25, -0.2) is 4.98 Å². The standard InChI is InChI=1S/C25H19N3O4S/c1-2-32-17-8-9-18-19(14-17)33-25(27-18)28-21(15-6-4-3-5-7-15)20(23(30)24(28)31)22(29)16-10-12-26-13-11-16/h3-14,21,29H,2H2,1H3/b22-20+. The SMILES string of the molecule is CCOc1ccc2nc(N3C(=O)C(=O)/C(=C(/O)c4ccncc4)C3c3ccccc3)sc2c1. The van der Waals surface area contributed by atoms with E-state index in [1.54, 1.807) is 12.1 Å². The van der Waals surface area contributed by atoms with Gasteiger partial charge in [0.25, 0.3) is 5.78 Å². The predicted molar refractivity (Wildman–Crippen MR) is 126 cm³/mol. The number of aliphatic hydroxyl groups excluding tert-OH is 1. The van der Waals surface area contributed by atoms with Crippen LogP contribution in [0.2, 0.25) is 0 Å². The molecule has 1 atom stereocenters. The Morgan fingerprint density at radius 3 is 2.58 bits per heavy atom. The number of fused-ring (bicyclic) bond motifs is 1. The fraction of sp³-hybridized carbons (Fsp3) is 0.120. The van der Waals surface area contributed by atoms with Gasteiger partial charge < -0.3 is 9.84 Å². The summed E-state index contributed by atoms with van der Waals surface area (Å²) in [6, 6.07) is 17.0. The molecule has 0 bridgehead atoms. The lowest BCUT2D eigenvalue weighted by molar-refractivity contribution is -0.132. The lowest BCUT2D eigenvalue weighted by Crippen LogP contribution is -2.29. The first kappa shape index (κ1) is 20.8. The summed E-state index contributed by atoms with van der Waals surface area (Å²) in [7, 11) is 0. The van der Waals surface area contributed by atoms with Gasteiger partial charge in [-0.05, 0) is 42.8 Å². The van der Waals surface area contributed by atoms with Crippen molar-refractivity contribution >= 4 is 44.1 Å². The minimum Gasteiger partial charge on any atom is -0.507 e. The van der Waals surface area contributed by atoms with Gasteiger partial charge in [-0.3, -0.25) is 19.5 Å². The molecule has 33 heavy (non-hydrogen) atoms. The zero-order valence-corrected chi connectivity index (χ0v) is 18.5. The summed E-state index contributed by atoms with van der Waals surface area (Å²) in [4.78, 5) is 36.4. The fourth-order valence-electron chi connectivity index (χ4n) is 3.90. The number of carbonyl (C=O) groups excluding carboxylic acids is 2. The third kappa shape index (κ3) is 3.64. The van der Waals surface area contributed by atoms with E-state index in [0.29, 0.717) is 34.1 Å². The second kappa shape index (κ2) is 8.48. The van der Waals surface area contributed by atoms with Crippen molar-refractivity contribution in [3.63, 3.8) is 0 Å². The molecular formula is C25H19N3O4S. The van der Waals surface area contributed by atoms with E-state index in [9.17, 15) is 14.7 Å². The van der Waals surface area contributed by atoms with E-state index in [1.807, 2.05) is 55.5 Å². The number of aromatic nitrogens is 2. The molecule has 8 heteroatoms. The van der Waals surface area contributed by atoms with Gasteiger partial charge in [-0.15, -0.1) is 0 Å². The van der Waals surface area contributed by atoms with Crippen molar-refractivity contribution in [2.45, 2.75) is 13.0 Å². The Labute approximate surface area is 193 Å². The van der Waals surface area contributed by atoms with Gasteiger partial charge in [0.2, 0.25) is 0 Å². The summed E-state index contributed by atoms with van der Waals surface area (Å²) < 4.78 is 6.41. The van der Waals surface area contributed by atoms with Gasteiger partial charge in [-0.1, -0.05) is 41.7 Å². The molecule has 164 valence electrons. The average molecular weight is 458 g/mol. The Hall–Kier alpha value is -4.04. The molecular weight excluding hydrogens is 438 g/mol. The van der Waals surface area contributed by atoms with Crippen LogP contribution in [0.3, 0.4) is 0 Å². The van der Waals surface area contributed by atoms with Crippen LogP contribution in [0.25, 0.3) is 16.0 Å². The van der Waals surface area contributed by atoms with Crippen molar-refractivity contribution < 1.29 is 19.4 Å². The first-order chi connectivity index (χ1) is 16.1. The van der Waals surface area contributed by atoms with Gasteiger partial charge in [0, 0.05) is 18.0 Å². The first-order valence-electron chi connectivity index (χ1n) is 10.4. The zero-order valence-electron chi connectivity index (χ0n) is 17.6. The highest BCUT2D eigenvalue weighted by Gasteiger charge is 2.48. The van der Waals surface area contributed by atoms with Crippen LogP contribution in [-0.2, 0) is 9.59 Å². The third-order valence-corrected chi connectivity index (χ3v) is 6.40. The van der Waals surface area contributed by atoms with Crippen LogP contribution in [0, 0.1) is 0 Å². The maximum Gasteiger partial charge on any atom is 0.301 e. The van der Waals surface area contributed by atoms with Crippen molar-refractivity contribution in [2.24, 2.45) is 0 Å². The number of thiazole rings is 1. The molecule has 0 aliphatic carbocycles. The Kier molecular flexibility index (Phi) is 5.35. The minimum absolute atomic E-state index is 0.0201. The Bertz CT molecular complexity index is 1380. The molecule has 1 aliphatic rings. The molecule has 5 rings (SSSR count). The number of pyridine rings is 1. The molecule has 1 fully saturated rings. The van der Waals surface area contributed by atoms with Gasteiger partial charge in [0.1, 0.15) is 11.5 Å². The number of hydrogen-bond donors (Lipinski definition) is 1. The number of anilines is 1. The smallest absolute Gasteiger partial charge is 0.301 e. The average Bonchev–Trinajstić information content (AvgIpc) is 3.38. The van der Waals surface area contributed by atoms with E-state index in [2.05, 4.69) is 9.97 Å². The molecule has 2 aromatic carbocycles. The number of nitrogens with zero attached hydrogens (tertiary/aromatic N) is 3. The Morgan fingerprint density at radius 2 is 1.85 bits per heavy atom. The highest BCUT2D eigenvalue weighted by atomic mass is 32.1. The largest absolute Gasteiger partial charge is 0.507 e. The molecule has 2 aromatic heterocycles. The summed E-state index contributed by atoms with van der Waals surface area (Å²) in [6.07, 6.45) is 3.04. The Balaban J connectivity index is 1.69. The van der Waals surface area contributed by atoms with E-state index in [-0.39, 0.29) is 11.3 Å². The molecule has 1 saturated heterocycles. The number of amides is 1. The monoisotopic (exact) mass is 457 g/mol. The minimum atomic E-state index is -0.814. The zero-order chi connectivity index (χ0) is 22.9. The summed E-state index contributed by atoms with van der Waals surface area (Å²) >= 11 is 1.30. The van der Waals surface area contributed by atoms with Gasteiger partial charge in [-0.2, -0.15) is 0 Å². The van der Waals surface area contributed by atoms with Crippen molar-refractivity contribution in [1.29, 1.82) is 0 Å². The number of aliphatic hydroxyl groups is 1. The number of hydrogen-bond acceptors (Lipinski definition) is 7. The number of ketones is 1. The summed E-state index contributed by atoms with van der Waals surface area (Å²) in [5.41, 5.74) is 1.82. The quantitative estimate of drug-likeness (QED) is 0.265. The maximum absolute atomic E-state index is 13.2. The third-order valence-electron chi connectivity index (χ3n) is 5.38. The molecule has 0 radical (unpaired) electrons. The lowest BCUT2D eigenvalue weighted by Gasteiger charge is -2.22. The molecule has 0 spiro atoms. The van der Waals surface area contributed by atoms with E-state index < -0.39 is 17.7 Å². The van der Waals surface area contributed by atoms with Crippen molar-refractivity contribution in [1.82, 2.24) is 9.97 Å². The van der Waals surface area contributed by atoms with E-state index >= 15 is 0 Å². The first-order valence-corrected chi connectivity index (χ1v) is 11.2. The van der Waals surface area contributed by atoms with Crippen LogP contribution in [0.5, 0.6) is 5.75 Å². The number of ether oxygens (including phenoxy) is 1. The van der Waals surface area contributed by atoms with Crippen LogP contribution in [-0.4, -0.2) is 33.4 Å². The summed E-state index contributed by atoms with van der Waals surface area (Å²) in [5.74, 6) is -1.03. The van der Waals surface area contributed by atoms with Crippen LogP contribution in [0.1, 0.15) is 24.1 Å². The number of Topliss-reactive ketones (excluding diaryl/α,β-unsaturated/α-hetero) is 1. The molecule has 4 aromatic rings.